The second-order valence-electron chi connectivity index (χ2n) is 3.80. The van der Waals surface area contributed by atoms with Crippen molar-refractivity contribution >= 4 is 0 Å². The monoisotopic (exact) mass is 231 g/mol. The van der Waals surface area contributed by atoms with E-state index in [0.29, 0.717) is 18.4 Å². The molecule has 2 heterocycles. The average Bonchev–Trinajstić information content (AvgIpc) is 2.76. The zero-order chi connectivity index (χ0) is 11.4. The number of imidazole rings is 1. The molecule has 0 aromatic carbocycles. The van der Waals surface area contributed by atoms with Crippen LogP contribution < -0.4 is 5.32 Å². The fourth-order valence-electron chi connectivity index (χ4n) is 1.80. The standard InChI is InChI=1S/C10H15F2N3O/c11-10(12)15-4-3-13-9(15)7-14-8-1-5-16-6-2-8/h3-4,8,10,14H,1-2,5-7H2. The zero-order valence-corrected chi connectivity index (χ0v) is 8.90. The molecule has 1 aromatic rings. The Morgan fingerprint density at radius 3 is 2.94 bits per heavy atom. The third kappa shape index (κ3) is 2.76. The molecule has 1 fully saturated rings. The van der Waals surface area contributed by atoms with Crippen molar-refractivity contribution in [2.45, 2.75) is 32.0 Å². The quantitative estimate of drug-likeness (QED) is 0.854. The van der Waals surface area contributed by atoms with Crippen LogP contribution in [0, 0.1) is 0 Å². The number of aromatic nitrogens is 2. The van der Waals surface area contributed by atoms with Crippen molar-refractivity contribution in [3.8, 4) is 0 Å². The maximum Gasteiger partial charge on any atom is 0.319 e. The van der Waals surface area contributed by atoms with Crippen LogP contribution in [0.1, 0.15) is 25.2 Å². The predicted molar refractivity (Wildman–Crippen MR) is 54.2 cm³/mol. The molecule has 0 atom stereocenters. The van der Waals surface area contributed by atoms with E-state index >= 15 is 0 Å². The first-order chi connectivity index (χ1) is 7.77. The van der Waals surface area contributed by atoms with Crippen LogP contribution >= 0.6 is 0 Å². The summed E-state index contributed by atoms with van der Waals surface area (Å²) < 4.78 is 31.1. The minimum atomic E-state index is -2.52. The molecule has 2 rings (SSSR count). The summed E-state index contributed by atoms with van der Waals surface area (Å²) in [6.07, 6.45) is 4.55. The first-order valence-corrected chi connectivity index (χ1v) is 5.38. The summed E-state index contributed by atoms with van der Waals surface area (Å²) >= 11 is 0. The maximum absolute atomic E-state index is 12.5. The lowest BCUT2D eigenvalue weighted by Gasteiger charge is -2.23. The molecule has 0 aliphatic carbocycles. The molecule has 0 bridgehead atoms. The van der Waals surface area contributed by atoms with E-state index in [1.165, 1.54) is 12.4 Å². The molecule has 1 aliphatic heterocycles. The number of halogens is 2. The minimum absolute atomic E-state index is 0.344. The van der Waals surface area contributed by atoms with Gasteiger partial charge in [0, 0.05) is 31.6 Å². The molecule has 0 spiro atoms. The van der Waals surface area contributed by atoms with Crippen LogP contribution in [0.15, 0.2) is 12.4 Å². The van der Waals surface area contributed by atoms with Gasteiger partial charge in [-0.05, 0) is 12.8 Å². The number of ether oxygens (including phenoxy) is 1. The second kappa shape index (κ2) is 5.36. The molecule has 0 unspecified atom stereocenters. The third-order valence-electron chi connectivity index (χ3n) is 2.73. The summed E-state index contributed by atoms with van der Waals surface area (Å²) in [7, 11) is 0. The Kier molecular flexibility index (Phi) is 3.84. The van der Waals surface area contributed by atoms with Crippen molar-refractivity contribution < 1.29 is 13.5 Å². The smallest absolute Gasteiger partial charge is 0.319 e. The van der Waals surface area contributed by atoms with Gasteiger partial charge in [-0.15, -0.1) is 0 Å². The van der Waals surface area contributed by atoms with Gasteiger partial charge in [-0.3, -0.25) is 4.57 Å². The van der Waals surface area contributed by atoms with Crippen LogP contribution in [-0.2, 0) is 11.3 Å². The van der Waals surface area contributed by atoms with E-state index in [4.69, 9.17) is 4.74 Å². The van der Waals surface area contributed by atoms with Crippen LogP contribution in [-0.4, -0.2) is 28.8 Å². The van der Waals surface area contributed by atoms with E-state index in [-0.39, 0.29) is 0 Å². The third-order valence-corrected chi connectivity index (χ3v) is 2.73. The van der Waals surface area contributed by atoms with Crippen molar-refractivity contribution in [2.24, 2.45) is 0 Å². The second-order valence-corrected chi connectivity index (χ2v) is 3.80. The predicted octanol–water partition coefficient (Wildman–Crippen LogP) is 1.55. The lowest BCUT2D eigenvalue weighted by Crippen LogP contribution is -2.35. The van der Waals surface area contributed by atoms with Crippen LogP contribution in [0.4, 0.5) is 8.78 Å². The number of hydrogen-bond donors (Lipinski definition) is 1. The van der Waals surface area contributed by atoms with E-state index in [9.17, 15) is 8.78 Å². The van der Waals surface area contributed by atoms with Crippen LogP contribution in [0.5, 0.6) is 0 Å². The van der Waals surface area contributed by atoms with Gasteiger partial charge in [0.25, 0.3) is 0 Å². The van der Waals surface area contributed by atoms with Gasteiger partial charge in [0.2, 0.25) is 0 Å². The molecule has 1 aromatic heterocycles. The Morgan fingerprint density at radius 1 is 1.50 bits per heavy atom. The van der Waals surface area contributed by atoms with Gasteiger partial charge in [0.15, 0.2) is 0 Å². The average molecular weight is 231 g/mol. The van der Waals surface area contributed by atoms with Gasteiger partial charge in [-0.1, -0.05) is 0 Å². The van der Waals surface area contributed by atoms with E-state index in [1.807, 2.05) is 0 Å². The van der Waals surface area contributed by atoms with Gasteiger partial charge in [0.1, 0.15) is 5.82 Å². The highest BCUT2D eigenvalue weighted by molar-refractivity contribution is 4.93. The number of alkyl halides is 2. The van der Waals surface area contributed by atoms with Crippen molar-refractivity contribution in [3.63, 3.8) is 0 Å². The van der Waals surface area contributed by atoms with E-state index in [1.54, 1.807) is 0 Å². The van der Waals surface area contributed by atoms with E-state index < -0.39 is 6.55 Å². The molecule has 1 saturated heterocycles. The molecular formula is C10H15F2N3O. The minimum Gasteiger partial charge on any atom is -0.381 e. The number of nitrogens with zero attached hydrogens (tertiary/aromatic N) is 2. The first kappa shape index (κ1) is 11.5. The van der Waals surface area contributed by atoms with Crippen molar-refractivity contribution in [2.75, 3.05) is 13.2 Å². The Bertz CT molecular complexity index is 324. The Labute approximate surface area is 92.6 Å². The summed E-state index contributed by atoms with van der Waals surface area (Å²) in [5.41, 5.74) is 0. The highest BCUT2D eigenvalue weighted by Gasteiger charge is 2.15. The largest absolute Gasteiger partial charge is 0.381 e. The van der Waals surface area contributed by atoms with Gasteiger partial charge in [-0.25, -0.2) is 4.98 Å². The number of hydrogen-bond acceptors (Lipinski definition) is 3. The van der Waals surface area contributed by atoms with Crippen LogP contribution in [0.3, 0.4) is 0 Å². The van der Waals surface area contributed by atoms with Crippen molar-refractivity contribution in [3.05, 3.63) is 18.2 Å². The zero-order valence-electron chi connectivity index (χ0n) is 8.90. The molecule has 1 aliphatic rings. The molecule has 1 N–H and O–H groups in total. The SMILES string of the molecule is FC(F)n1ccnc1CNC1CCOCC1. The normalized spacial score (nSPS) is 18.2. The van der Waals surface area contributed by atoms with Crippen molar-refractivity contribution in [1.82, 2.24) is 14.9 Å². The highest BCUT2D eigenvalue weighted by atomic mass is 19.3. The van der Waals surface area contributed by atoms with Gasteiger partial charge < -0.3 is 10.1 Å². The summed E-state index contributed by atoms with van der Waals surface area (Å²) in [5, 5.41) is 3.22. The van der Waals surface area contributed by atoms with E-state index in [2.05, 4.69) is 10.3 Å². The molecular weight excluding hydrogens is 216 g/mol. The van der Waals surface area contributed by atoms with Crippen LogP contribution in [0.25, 0.3) is 0 Å². The van der Waals surface area contributed by atoms with Gasteiger partial charge in [-0.2, -0.15) is 8.78 Å². The van der Waals surface area contributed by atoms with Gasteiger partial charge in [0.05, 0.1) is 6.54 Å². The molecule has 16 heavy (non-hydrogen) atoms. The summed E-state index contributed by atoms with van der Waals surface area (Å²) in [6, 6.07) is 0.344. The van der Waals surface area contributed by atoms with Crippen molar-refractivity contribution in [1.29, 1.82) is 0 Å². The number of nitrogens with one attached hydrogen (secondary N) is 1. The summed E-state index contributed by atoms with van der Waals surface area (Å²) in [4.78, 5) is 3.91. The molecule has 0 radical (unpaired) electrons. The maximum atomic E-state index is 12.5. The first-order valence-electron chi connectivity index (χ1n) is 5.38. The fraction of sp³-hybridized carbons (Fsp3) is 0.700. The fourth-order valence-corrected chi connectivity index (χ4v) is 1.80. The number of rotatable bonds is 4. The molecule has 6 heteroatoms. The Hall–Kier alpha value is -1.01. The molecule has 0 amide bonds. The lowest BCUT2D eigenvalue weighted by molar-refractivity contribution is 0.0637. The highest BCUT2D eigenvalue weighted by Crippen LogP contribution is 2.13. The molecule has 4 nitrogen and oxygen atoms in total. The lowest BCUT2D eigenvalue weighted by atomic mass is 10.1. The Balaban J connectivity index is 1.86. The Morgan fingerprint density at radius 2 is 2.25 bits per heavy atom. The van der Waals surface area contributed by atoms with Crippen LogP contribution in [0.2, 0.25) is 0 Å². The summed E-state index contributed by atoms with van der Waals surface area (Å²) in [6.45, 7) is -0.668. The van der Waals surface area contributed by atoms with Gasteiger partial charge >= 0.3 is 6.55 Å². The molecule has 0 saturated carbocycles. The van der Waals surface area contributed by atoms with E-state index in [0.717, 1.165) is 30.6 Å². The summed E-state index contributed by atoms with van der Waals surface area (Å²) in [5.74, 6) is 0.376. The topological polar surface area (TPSA) is 39.1 Å². The molecule has 90 valence electrons.